The maximum atomic E-state index is 13.7. The first kappa shape index (κ1) is 24.6. The van der Waals surface area contributed by atoms with Crippen molar-refractivity contribution >= 4 is 35.8 Å². The molecule has 2 rings (SSSR count). The molecule has 28 heavy (non-hydrogen) atoms. The summed E-state index contributed by atoms with van der Waals surface area (Å²) in [5.74, 6) is 0.327. The topological polar surface area (TPSA) is 60.0 Å². The van der Waals surface area contributed by atoms with Crippen molar-refractivity contribution in [1.29, 1.82) is 0 Å². The fraction of sp³-hybridized carbons (Fsp3) is 0.600. The van der Waals surface area contributed by atoms with Gasteiger partial charge in [-0.25, -0.2) is 9.38 Å². The highest BCUT2D eigenvalue weighted by molar-refractivity contribution is 14.0. The van der Waals surface area contributed by atoms with Gasteiger partial charge < -0.3 is 15.5 Å². The number of aliphatic imine (C=N–C) groups is 1. The summed E-state index contributed by atoms with van der Waals surface area (Å²) in [6.07, 6.45) is 2.37. The predicted octanol–water partition coefficient (Wildman–Crippen LogP) is 2.36. The quantitative estimate of drug-likeness (QED) is 0.340. The van der Waals surface area contributed by atoms with Gasteiger partial charge in [-0.3, -0.25) is 9.69 Å². The zero-order valence-corrected chi connectivity index (χ0v) is 19.6. The van der Waals surface area contributed by atoms with Gasteiger partial charge in [0.2, 0.25) is 5.91 Å². The van der Waals surface area contributed by atoms with E-state index >= 15 is 0 Å². The molecular formula is C20H33FIN5O. The molecule has 1 heterocycles. The number of aryl methyl sites for hydroxylation is 1. The predicted molar refractivity (Wildman–Crippen MR) is 123 cm³/mol. The highest BCUT2D eigenvalue weighted by atomic mass is 127. The molecule has 0 radical (unpaired) electrons. The lowest BCUT2D eigenvalue weighted by Crippen LogP contribution is -2.47. The van der Waals surface area contributed by atoms with Crippen LogP contribution in [-0.2, 0) is 11.3 Å². The van der Waals surface area contributed by atoms with Gasteiger partial charge in [0.1, 0.15) is 5.82 Å². The lowest BCUT2D eigenvalue weighted by Gasteiger charge is -2.24. The Kier molecular flexibility index (Phi) is 10.7. The fourth-order valence-corrected chi connectivity index (χ4v) is 3.15. The van der Waals surface area contributed by atoms with E-state index in [2.05, 4.69) is 27.4 Å². The zero-order valence-electron chi connectivity index (χ0n) is 17.3. The number of likely N-dealkylation sites (tertiary alicyclic amines) is 1. The first-order valence-corrected chi connectivity index (χ1v) is 9.62. The molecular weight excluding hydrogens is 472 g/mol. The summed E-state index contributed by atoms with van der Waals surface area (Å²) < 4.78 is 13.7. The third-order valence-corrected chi connectivity index (χ3v) is 4.97. The SMILES string of the molecule is CCN1CCCC1CNC(=NCc1ccc(C)c(F)c1)NCC(=O)N(C)C.I. The van der Waals surface area contributed by atoms with Crippen molar-refractivity contribution in [1.82, 2.24) is 20.4 Å². The van der Waals surface area contributed by atoms with E-state index in [4.69, 9.17) is 0 Å². The van der Waals surface area contributed by atoms with Gasteiger partial charge in [-0.2, -0.15) is 0 Å². The zero-order chi connectivity index (χ0) is 19.8. The second kappa shape index (κ2) is 12.2. The molecule has 8 heteroatoms. The summed E-state index contributed by atoms with van der Waals surface area (Å²) in [5, 5.41) is 6.44. The van der Waals surface area contributed by atoms with Crippen LogP contribution in [0.5, 0.6) is 0 Å². The average molecular weight is 505 g/mol. The lowest BCUT2D eigenvalue weighted by atomic mass is 10.1. The summed E-state index contributed by atoms with van der Waals surface area (Å²) in [6.45, 7) is 7.38. The maximum absolute atomic E-state index is 13.7. The number of amides is 1. The van der Waals surface area contributed by atoms with Gasteiger partial charge >= 0.3 is 0 Å². The molecule has 0 aliphatic carbocycles. The third kappa shape index (κ3) is 7.54. The number of carbonyl (C=O) groups excluding carboxylic acids is 1. The Morgan fingerprint density at radius 3 is 2.75 bits per heavy atom. The molecule has 1 aliphatic rings. The molecule has 1 fully saturated rings. The number of hydrogen-bond donors (Lipinski definition) is 2. The molecule has 0 bridgehead atoms. The second-order valence-corrected chi connectivity index (χ2v) is 7.20. The van der Waals surface area contributed by atoms with Gasteiger partial charge in [0, 0.05) is 26.7 Å². The molecule has 1 saturated heterocycles. The van der Waals surface area contributed by atoms with Crippen LogP contribution in [0, 0.1) is 12.7 Å². The smallest absolute Gasteiger partial charge is 0.241 e. The van der Waals surface area contributed by atoms with Gasteiger partial charge in [0.25, 0.3) is 0 Å². The van der Waals surface area contributed by atoms with Crippen molar-refractivity contribution in [2.24, 2.45) is 4.99 Å². The Labute approximate surface area is 185 Å². The van der Waals surface area contributed by atoms with Gasteiger partial charge in [-0.15, -0.1) is 24.0 Å². The van der Waals surface area contributed by atoms with E-state index in [9.17, 15) is 9.18 Å². The minimum absolute atomic E-state index is 0. The number of halogens is 2. The van der Waals surface area contributed by atoms with Crippen LogP contribution in [0.4, 0.5) is 4.39 Å². The van der Waals surface area contributed by atoms with Crippen molar-refractivity contribution < 1.29 is 9.18 Å². The van der Waals surface area contributed by atoms with Gasteiger partial charge in [0.05, 0.1) is 13.1 Å². The van der Waals surface area contributed by atoms with E-state index in [1.165, 1.54) is 17.4 Å². The number of benzene rings is 1. The second-order valence-electron chi connectivity index (χ2n) is 7.20. The molecule has 6 nitrogen and oxygen atoms in total. The van der Waals surface area contributed by atoms with Gasteiger partial charge in [-0.1, -0.05) is 19.1 Å². The summed E-state index contributed by atoms with van der Waals surface area (Å²) in [6, 6.07) is 5.62. The van der Waals surface area contributed by atoms with Crippen LogP contribution < -0.4 is 10.6 Å². The van der Waals surface area contributed by atoms with Gasteiger partial charge in [0.15, 0.2) is 5.96 Å². The Morgan fingerprint density at radius 2 is 2.11 bits per heavy atom. The Morgan fingerprint density at radius 1 is 1.36 bits per heavy atom. The molecule has 0 saturated carbocycles. The monoisotopic (exact) mass is 505 g/mol. The minimum atomic E-state index is -0.225. The van der Waals surface area contributed by atoms with Crippen molar-refractivity contribution in [2.45, 2.75) is 39.3 Å². The Bertz CT molecular complexity index is 668. The van der Waals surface area contributed by atoms with Crippen LogP contribution in [-0.4, -0.2) is 68.0 Å². The van der Waals surface area contributed by atoms with Crippen LogP contribution in [0.15, 0.2) is 23.2 Å². The van der Waals surface area contributed by atoms with E-state index in [1.54, 1.807) is 27.1 Å². The normalized spacial score (nSPS) is 17.2. The van der Waals surface area contributed by atoms with Crippen molar-refractivity contribution in [2.75, 3.05) is 40.3 Å². The number of likely N-dealkylation sites (N-methyl/N-ethyl adjacent to an activating group) is 2. The van der Waals surface area contributed by atoms with Crippen LogP contribution in [0.2, 0.25) is 0 Å². The van der Waals surface area contributed by atoms with E-state index in [0.717, 1.165) is 31.6 Å². The summed E-state index contributed by atoms with van der Waals surface area (Å²) >= 11 is 0. The molecule has 2 N–H and O–H groups in total. The largest absolute Gasteiger partial charge is 0.355 e. The van der Waals surface area contributed by atoms with Crippen molar-refractivity contribution in [3.63, 3.8) is 0 Å². The summed E-state index contributed by atoms with van der Waals surface area (Å²) in [4.78, 5) is 20.4. The van der Waals surface area contributed by atoms with E-state index < -0.39 is 0 Å². The van der Waals surface area contributed by atoms with Crippen LogP contribution >= 0.6 is 24.0 Å². The van der Waals surface area contributed by atoms with Crippen LogP contribution in [0.1, 0.15) is 30.9 Å². The summed E-state index contributed by atoms with van der Waals surface area (Å²) in [5.41, 5.74) is 1.42. The van der Waals surface area contributed by atoms with Crippen molar-refractivity contribution in [3.05, 3.63) is 35.1 Å². The molecule has 1 unspecified atom stereocenters. The maximum Gasteiger partial charge on any atom is 0.241 e. The fourth-order valence-electron chi connectivity index (χ4n) is 3.15. The molecule has 1 atom stereocenters. The van der Waals surface area contributed by atoms with Crippen LogP contribution in [0.3, 0.4) is 0 Å². The van der Waals surface area contributed by atoms with Crippen molar-refractivity contribution in [3.8, 4) is 0 Å². The number of nitrogens with one attached hydrogen (secondary N) is 2. The molecule has 1 aliphatic heterocycles. The number of hydrogen-bond acceptors (Lipinski definition) is 3. The number of nitrogens with zero attached hydrogens (tertiary/aromatic N) is 3. The highest BCUT2D eigenvalue weighted by Gasteiger charge is 2.22. The van der Waals surface area contributed by atoms with E-state index in [0.29, 0.717) is 24.1 Å². The Hall–Kier alpha value is -1.42. The number of rotatable bonds is 7. The third-order valence-electron chi connectivity index (χ3n) is 4.97. The average Bonchev–Trinajstić information content (AvgIpc) is 3.11. The lowest BCUT2D eigenvalue weighted by molar-refractivity contribution is -0.127. The standard InChI is InChI=1S/C20H32FN5O.HI/c1-5-26-10-6-7-17(26)13-23-20(24-14-19(27)25(3)4)22-12-16-9-8-15(2)18(21)11-16;/h8-9,11,17H,5-7,10,12-14H2,1-4H3,(H2,22,23,24);1H. The van der Waals surface area contributed by atoms with Gasteiger partial charge in [-0.05, 0) is 50.0 Å². The number of guanidine groups is 1. The molecule has 1 amide bonds. The molecule has 0 aromatic heterocycles. The molecule has 0 spiro atoms. The van der Waals surface area contributed by atoms with E-state index in [-0.39, 0.29) is 42.2 Å². The number of carbonyl (C=O) groups is 1. The highest BCUT2D eigenvalue weighted by Crippen LogP contribution is 2.15. The minimum Gasteiger partial charge on any atom is -0.355 e. The van der Waals surface area contributed by atoms with Crippen LogP contribution in [0.25, 0.3) is 0 Å². The summed E-state index contributed by atoms with van der Waals surface area (Å²) in [7, 11) is 3.45. The molecule has 158 valence electrons. The first-order valence-electron chi connectivity index (χ1n) is 9.62. The Balaban J connectivity index is 0.00000392. The van der Waals surface area contributed by atoms with E-state index in [1.807, 2.05) is 6.07 Å². The molecule has 1 aromatic carbocycles. The molecule has 1 aromatic rings. The first-order chi connectivity index (χ1) is 12.9.